The van der Waals surface area contributed by atoms with Crippen molar-refractivity contribution in [3.05, 3.63) is 11.5 Å². The third-order valence-electron chi connectivity index (χ3n) is 3.25. The largest absolute Gasteiger partial charge is 0.459 e. The summed E-state index contributed by atoms with van der Waals surface area (Å²) in [6.45, 7) is -1.01. The van der Waals surface area contributed by atoms with Gasteiger partial charge in [0.1, 0.15) is 11.5 Å². The molecule has 0 atom stereocenters. The predicted molar refractivity (Wildman–Crippen MR) is 55.2 cm³/mol. The van der Waals surface area contributed by atoms with Crippen LogP contribution >= 0.6 is 0 Å². The topological polar surface area (TPSA) is 3.24 Å². The molecule has 0 N–H and O–H groups in total. The van der Waals surface area contributed by atoms with Crippen molar-refractivity contribution in [1.82, 2.24) is 4.90 Å². The van der Waals surface area contributed by atoms with E-state index in [0.29, 0.717) is 11.8 Å². The van der Waals surface area contributed by atoms with Gasteiger partial charge < -0.3 is 4.90 Å². The van der Waals surface area contributed by atoms with Crippen LogP contribution in [0.1, 0.15) is 19.8 Å². The Morgan fingerprint density at radius 1 is 0.905 bits per heavy atom. The van der Waals surface area contributed by atoms with Crippen molar-refractivity contribution >= 4 is 0 Å². The van der Waals surface area contributed by atoms with Crippen LogP contribution in [-0.2, 0) is 0 Å². The molecule has 1 aliphatic heterocycles. The van der Waals surface area contributed by atoms with Gasteiger partial charge in [-0.15, -0.1) is 0 Å². The molecule has 0 saturated carbocycles. The van der Waals surface area contributed by atoms with E-state index < -0.39 is 61.6 Å². The quantitative estimate of drug-likeness (QED) is 0.666. The highest BCUT2D eigenvalue weighted by atomic mass is 19.4. The molecule has 1 heterocycles. The van der Waals surface area contributed by atoms with Crippen LogP contribution in [0.3, 0.4) is 0 Å². The van der Waals surface area contributed by atoms with Crippen molar-refractivity contribution in [2.45, 2.75) is 38.0 Å². The Kier molecular flexibility index (Phi) is 4.79. The van der Waals surface area contributed by atoms with E-state index in [-0.39, 0.29) is 0 Å². The molecule has 124 valence electrons. The molecule has 0 amide bonds. The minimum atomic E-state index is -6.02. The highest BCUT2D eigenvalue weighted by Crippen LogP contribution is 2.45. The Morgan fingerprint density at radius 3 is 1.62 bits per heavy atom. The zero-order valence-electron chi connectivity index (χ0n) is 10.8. The van der Waals surface area contributed by atoms with E-state index in [2.05, 4.69) is 0 Å². The van der Waals surface area contributed by atoms with Crippen LogP contribution in [0.25, 0.3) is 0 Å². The fourth-order valence-electron chi connectivity index (χ4n) is 2.20. The molecule has 0 aliphatic carbocycles. The molecule has 0 unspecified atom stereocenters. The van der Waals surface area contributed by atoms with Gasteiger partial charge in [-0.1, -0.05) is 0 Å². The van der Waals surface area contributed by atoms with Gasteiger partial charge in [0.2, 0.25) is 0 Å². The highest BCUT2D eigenvalue weighted by Gasteiger charge is 2.62. The van der Waals surface area contributed by atoms with Gasteiger partial charge in [-0.2, -0.15) is 35.1 Å². The molecule has 1 fully saturated rings. The maximum atomic E-state index is 13.3. The first-order valence-corrected chi connectivity index (χ1v) is 5.91. The molecular formula is C11H12F9N. The average Bonchev–Trinajstić information content (AvgIpc) is 2.26. The van der Waals surface area contributed by atoms with E-state index in [1.807, 2.05) is 0 Å². The average molecular weight is 329 g/mol. The number of likely N-dealkylation sites (tertiary alicyclic amines) is 1. The molecule has 0 aromatic carbocycles. The van der Waals surface area contributed by atoms with Gasteiger partial charge in [0.15, 0.2) is 0 Å². The van der Waals surface area contributed by atoms with Crippen LogP contribution in [0.15, 0.2) is 11.5 Å². The number of hydrogen-bond acceptors (Lipinski definition) is 1. The van der Waals surface area contributed by atoms with Crippen LogP contribution in [0.5, 0.6) is 0 Å². The summed E-state index contributed by atoms with van der Waals surface area (Å²) in [5.74, 6) is -8.99. The van der Waals surface area contributed by atoms with Gasteiger partial charge in [0.25, 0.3) is 0 Å². The van der Waals surface area contributed by atoms with Gasteiger partial charge in [0, 0.05) is 13.1 Å². The second-order valence-corrected chi connectivity index (χ2v) is 4.76. The Balaban J connectivity index is 2.96. The molecular weight excluding hydrogens is 317 g/mol. The van der Waals surface area contributed by atoms with Gasteiger partial charge in [0.05, 0.1) is 5.92 Å². The lowest BCUT2D eigenvalue weighted by Crippen LogP contribution is -2.48. The van der Waals surface area contributed by atoms with Crippen LogP contribution in [-0.4, -0.2) is 36.3 Å². The summed E-state index contributed by atoms with van der Waals surface area (Å²) in [7, 11) is 0. The minimum Gasteiger partial charge on any atom is -0.368 e. The fraction of sp³-hybridized carbons (Fsp3) is 0.818. The maximum Gasteiger partial charge on any atom is 0.459 e. The zero-order chi connectivity index (χ0) is 16.6. The van der Waals surface area contributed by atoms with E-state index in [4.69, 9.17) is 0 Å². The van der Waals surface area contributed by atoms with E-state index in [1.54, 1.807) is 0 Å². The van der Waals surface area contributed by atoms with E-state index >= 15 is 0 Å². The Bertz CT molecular complexity index is 395. The van der Waals surface area contributed by atoms with Crippen LogP contribution in [0, 0.1) is 5.92 Å². The van der Waals surface area contributed by atoms with Crippen LogP contribution in [0.4, 0.5) is 39.5 Å². The summed E-state index contributed by atoms with van der Waals surface area (Å²) in [6, 6.07) is 0. The zero-order valence-corrected chi connectivity index (χ0v) is 10.8. The fourth-order valence-corrected chi connectivity index (χ4v) is 2.20. The van der Waals surface area contributed by atoms with Gasteiger partial charge in [-0.3, -0.25) is 0 Å². The lowest BCUT2D eigenvalue weighted by Gasteiger charge is -2.38. The first-order valence-electron chi connectivity index (χ1n) is 5.91. The van der Waals surface area contributed by atoms with Crippen LogP contribution in [0.2, 0.25) is 0 Å². The third kappa shape index (κ3) is 3.76. The number of hydrogen-bond donors (Lipinski definition) is 0. The molecule has 1 nitrogen and oxygen atoms in total. The number of piperidine rings is 1. The predicted octanol–water partition coefficient (Wildman–Crippen LogP) is 4.66. The Labute approximate surface area is 114 Å². The second kappa shape index (κ2) is 5.60. The second-order valence-electron chi connectivity index (χ2n) is 4.76. The number of rotatable bonds is 2. The van der Waals surface area contributed by atoms with E-state index in [9.17, 15) is 39.5 Å². The molecule has 21 heavy (non-hydrogen) atoms. The van der Waals surface area contributed by atoms with Crippen molar-refractivity contribution in [1.29, 1.82) is 0 Å². The van der Waals surface area contributed by atoms with Crippen molar-refractivity contribution in [2.24, 2.45) is 5.92 Å². The molecule has 0 bridgehead atoms. The smallest absolute Gasteiger partial charge is 0.368 e. The molecule has 0 aromatic heterocycles. The van der Waals surface area contributed by atoms with Crippen molar-refractivity contribution < 1.29 is 39.5 Å². The molecule has 1 saturated heterocycles. The number of nitrogens with zero attached hydrogens (tertiary/aromatic N) is 1. The Morgan fingerprint density at radius 2 is 1.33 bits per heavy atom. The highest BCUT2D eigenvalue weighted by molar-refractivity contribution is 5.18. The molecule has 1 aliphatic rings. The third-order valence-corrected chi connectivity index (χ3v) is 3.25. The summed E-state index contributed by atoms with van der Waals surface area (Å²) in [6.07, 6.45) is -11.9. The summed E-state index contributed by atoms with van der Waals surface area (Å²) < 4.78 is 114. The van der Waals surface area contributed by atoms with Gasteiger partial charge in [-0.05, 0) is 19.8 Å². The van der Waals surface area contributed by atoms with Crippen molar-refractivity contribution in [3.63, 3.8) is 0 Å². The monoisotopic (exact) mass is 329 g/mol. The standard InChI is InChI=1S/C11H12F9N/c1-6(12)8(9(13,14)11(18,19)20)21-4-2-7(3-5-21)10(15,16)17/h7H,2-5H2,1H3. The molecule has 10 heteroatoms. The first kappa shape index (κ1) is 18.0. The van der Waals surface area contributed by atoms with E-state index in [1.165, 1.54) is 0 Å². The number of allylic oxidation sites excluding steroid dienone is 2. The summed E-state index contributed by atoms with van der Waals surface area (Å²) in [5.41, 5.74) is -1.91. The van der Waals surface area contributed by atoms with Gasteiger partial charge in [-0.25, -0.2) is 4.39 Å². The SMILES string of the molecule is CC(F)=C(N1CCC(C(F)(F)F)CC1)C(F)(F)C(F)(F)F. The lowest BCUT2D eigenvalue weighted by atomic mass is 9.95. The maximum absolute atomic E-state index is 13.3. The van der Waals surface area contributed by atoms with Gasteiger partial charge >= 0.3 is 18.3 Å². The summed E-state index contributed by atoms with van der Waals surface area (Å²) >= 11 is 0. The molecule has 1 rings (SSSR count). The normalized spacial score (nSPS) is 20.6. The van der Waals surface area contributed by atoms with Crippen LogP contribution < -0.4 is 0 Å². The van der Waals surface area contributed by atoms with E-state index in [0.717, 1.165) is 0 Å². The summed E-state index contributed by atoms with van der Waals surface area (Å²) in [4.78, 5) is 0.338. The molecule has 0 radical (unpaired) electrons. The first-order chi connectivity index (χ1) is 9.28. The Hall–Kier alpha value is -1.09. The molecule has 0 spiro atoms. The number of alkyl halides is 8. The van der Waals surface area contributed by atoms with Crippen molar-refractivity contribution in [2.75, 3.05) is 13.1 Å². The summed E-state index contributed by atoms with van der Waals surface area (Å²) in [5, 5.41) is 0. The lowest BCUT2D eigenvalue weighted by molar-refractivity contribution is -0.272. The minimum absolute atomic E-state index is 0.338. The number of halogens is 9. The molecule has 0 aromatic rings. The van der Waals surface area contributed by atoms with Crippen molar-refractivity contribution in [3.8, 4) is 0 Å².